The van der Waals surface area contributed by atoms with E-state index in [9.17, 15) is 9.90 Å². The molecule has 21 heavy (non-hydrogen) atoms. The Morgan fingerprint density at radius 2 is 2.05 bits per heavy atom. The van der Waals surface area contributed by atoms with Crippen LogP contribution in [0.2, 0.25) is 0 Å². The summed E-state index contributed by atoms with van der Waals surface area (Å²) in [7, 11) is 0. The molecule has 0 aromatic heterocycles. The van der Waals surface area contributed by atoms with E-state index >= 15 is 0 Å². The Balaban J connectivity index is 2.02. The number of carbonyl (C=O) groups is 1. The minimum Gasteiger partial charge on any atom is -0.394 e. The van der Waals surface area contributed by atoms with E-state index in [1.165, 1.54) is 5.56 Å². The van der Waals surface area contributed by atoms with Crippen LogP contribution < -0.4 is 0 Å². The maximum Gasteiger partial charge on any atom is 0.246 e. The molecule has 1 aromatic rings. The molecule has 0 aliphatic carbocycles. The third kappa shape index (κ3) is 3.73. The van der Waals surface area contributed by atoms with E-state index in [0.717, 1.165) is 18.5 Å². The van der Waals surface area contributed by atoms with Gasteiger partial charge in [-0.1, -0.05) is 45.0 Å². The predicted molar refractivity (Wildman–Crippen MR) is 85.9 cm³/mol. The molecule has 1 heterocycles. The molecule has 1 aliphatic heterocycles. The van der Waals surface area contributed by atoms with Gasteiger partial charge in [0.15, 0.2) is 0 Å². The maximum atomic E-state index is 12.2. The standard InChI is InChI=1S/C18H25NO2/c1-13(2)16-7-4-15(5-8-16)6-9-18(21)19-11-10-14(3)17(19)12-20/h4-9,13-14,17,20H,10-12H2,1-3H3/b9-6+. The number of aliphatic hydroxyl groups excluding tert-OH is 1. The van der Waals surface area contributed by atoms with Crippen molar-refractivity contribution in [3.63, 3.8) is 0 Å². The first-order valence-electron chi connectivity index (χ1n) is 7.72. The van der Waals surface area contributed by atoms with Crippen LogP contribution in [0.15, 0.2) is 30.3 Å². The van der Waals surface area contributed by atoms with Gasteiger partial charge in [-0.2, -0.15) is 0 Å². The first-order valence-corrected chi connectivity index (χ1v) is 7.72. The normalized spacial score (nSPS) is 22.4. The van der Waals surface area contributed by atoms with Crippen molar-refractivity contribution in [2.75, 3.05) is 13.2 Å². The van der Waals surface area contributed by atoms with E-state index in [0.29, 0.717) is 11.8 Å². The minimum absolute atomic E-state index is 0.00802. The van der Waals surface area contributed by atoms with Gasteiger partial charge in [0.25, 0.3) is 0 Å². The van der Waals surface area contributed by atoms with Crippen LogP contribution in [0.3, 0.4) is 0 Å². The van der Waals surface area contributed by atoms with Crippen LogP contribution in [0.1, 0.15) is 44.2 Å². The fourth-order valence-electron chi connectivity index (χ4n) is 2.82. The van der Waals surface area contributed by atoms with Crippen LogP contribution >= 0.6 is 0 Å². The molecule has 1 N–H and O–H groups in total. The van der Waals surface area contributed by atoms with Crippen molar-refractivity contribution >= 4 is 12.0 Å². The van der Waals surface area contributed by atoms with Crippen LogP contribution in [0.25, 0.3) is 6.08 Å². The molecule has 0 saturated carbocycles. The highest BCUT2D eigenvalue weighted by Gasteiger charge is 2.32. The number of hydrogen-bond acceptors (Lipinski definition) is 2. The highest BCUT2D eigenvalue weighted by Crippen LogP contribution is 2.24. The van der Waals surface area contributed by atoms with E-state index in [1.54, 1.807) is 11.0 Å². The summed E-state index contributed by atoms with van der Waals surface area (Å²) < 4.78 is 0. The van der Waals surface area contributed by atoms with E-state index in [1.807, 2.05) is 18.2 Å². The number of benzene rings is 1. The Bertz CT molecular complexity index is 504. The highest BCUT2D eigenvalue weighted by molar-refractivity contribution is 5.92. The van der Waals surface area contributed by atoms with Crippen LogP contribution in [-0.2, 0) is 4.79 Å². The van der Waals surface area contributed by atoms with Crippen molar-refractivity contribution in [2.24, 2.45) is 5.92 Å². The van der Waals surface area contributed by atoms with Crippen molar-refractivity contribution in [1.82, 2.24) is 4.90 Å². The van der Waals surface area contributed by atoms with Gasteiger partial charge in [-0.05, 0) is 35.5 Å². The Morgan fingerprint density at radius 1 is 1.38 bits per heavy atom. The molecule has 1 aliphatic rings. The summed E-state index contributed by atoms with van der Waals surface area (Å²) in [4.78, 5) is 14.0. The maximum absolute atomic E-state index is 12.2. The Morgan fingerprint density at radius 3 is 2.62 bits per heavy atom. The lowest BCUT2D eigenvalue weighted by molar-refractivity contribution is -0.127. The molecule has 3 heteroatoms. The first-order chi connectivity index (χ1) is 10.0. The first kappa shape index (κ1) is 15.8. The fourth-order valence-corrected chi connectivity index (χ4v) is 2.82. The van der Waals surface area contributed by atoms with Gasteiger partial charge >= 0.3 is 0 Å². The summed E-state index contributed by atoms with van der Waals surface area (Å²) >= 11 is 0. The molecule has 0 bridgehead atoms. The van der Waals surface area contributed by atoms with Gasteiger partial charge < -0.3 is 10.0 Å². The third-order valence-electron chi connectivity index (χ3n) is 4.37. The molecular weight excluding hydrogens is 262 g/mol. The highest BCUT2D eigenvalue weighted by atomic mass is 16.3. The molecule has 1 amide bonds. The van der Waals surface area contributed by atoms with Crippen molar-refractivity contribution in [1.29, 1.82) is 0 Å². The van der Waals surface area contributed by atoms with Gasteiger partial charge in [-0.15, -0.1) is 0 Å². The van der Waals surface area contributed by atoms with Crippen LogP contribution in [-0.4, -0.2) is 35.1 Å². The zero-order valence-electron chi connectivity index (χ0n) is 13.1. The average molecular weight is 287 g/mol. The molecule has 3 nitrogen and oxygen atoms in total. The second-order valence-corrected chi connectivity index (χ2v) is 6.20. The fraction of sp³-hybridized carbons (Fsp3) is 0.500. The van der Waals surface area contributed by atoms with Crippen molar-refractivity contribution in [2.45, 2.75) is 39.2 Å². The van der Waals surface area contributed by atoms with Crippen molar-refractivity contribution in [3.05, 3.63) is 41.5 Å². The predicted octanol–water partition coefficient (Wildman–Crippen LogP) is 3.05. The lowest BCUT2D eigenvalue weighted by atomic mass is 10.0. The zero-order chi connectivity index (χ0) is 15.4. The van der Waals surface area contributed by atoms with Crippen molar-refractivity contribution < 1.29 is 9.90 Å². The SMILES string of the molecule is CC(C)c1ccc(/C=C/C(=O)N2CCC(C)C2CO)cc1. The summed E-state index contributed by atoms with van der Waals surface area (Å²) in [5.41, 5.74) is 2.33. The van der Waals surface area contributed by atoms with E-state index in [-0.39, 0.29) is 18.6 Å². The molecular formula is C18H25NO2. The Hall–Kier alpha value is -1.61. The summed E-state index contributed by atoms with van der Waals surface area (Å²) in [5, 5.41) is 9.41. The van der Waals surface area contributed by atoms with Crippen molar-refractivity contribution in [3.8, 4) is 0 Å². The Kier molecular flexibility index (Phi) is 5.18. The number of hydrogen-bond donors (Lipinski definition) is 1. The summed E-state index contributed by atoms with van der Waals surface area (Å²) in [6, 6.07) is 8.24. The zero-order valence-corrected chi connectivity index (χ0v) is 13.1. The molecule has 2 unspecified atom stereocenters. The topological polar surface area (TPSA) is 40.5 Å². The van der Waals surface area contributed by atoms with Gasteiger partial charge in [0.05, 0.1) is 12.6 Å². The summed E-state index contributed by atoms with van der Waals surface area (Å²) in [5.74, 6) is 0.880. The van der Waals surface area contributed by atoms with Crippen LogP contribution in [0.4, 0.5) is 0 Å². The monoisotopic (exact) mass is 287 g/mol. The number of amides is 1. The molecule has 2 atom stereocenters. The molecule has 114 valence electrons. The molecule has 0 radical (unpaired) electrons. The van der Waals surface area contributed by atoms with E-state index in [2.05, 4.69) is 32.9 Å². The Labute approximate surface area is 127 Å². The lowest BCUT2D eigenvalue weighted by Crippen LogP contribution is -2.38. The molecule has 1 saturated heterocycles. The van der Waals surface area contributed by atoms with Gasteiger partial charge in [-0.25, -0.2) is 0 Å². The van der Waals surface area contributed by atoms with Gasteiger partial charge in [0.2, 0.25) is 5.91 Å². The van der Waals surface area contributed by atoms with Gasteiger partial charge in [0.1, 0.15) is 0 Å². The average Bonchev–Trinajstić information content (AvgIpc) is 2.86. The lowest BCUT2D eigenvalue weighted by Gasteiger charge is -2.23. The summed E-state index contributed by atoms with van der Waals surface area (Å²) in [6.07, 6.45) is 4.43. The molecule has 1 aromatic carbocycles. The van der Waals surface area contributed by atoms with E-state index < -0.39 is 0 Å². The number of rotatable bonds is 4. The van der Waals surface area contributed by atoms with E-state index in [4.69, 9.17) is 0 Å². The van der Waals surface area contributed by atoms with Crippen LogP contribution in [0.5, 0.6) is 0 Å². The number of nitrogens with zero attached hydrogens (tertiary/aromatic N) is 1. The molecule has 1 fully saturated rings. The largest absolute Gasteiger partial charge is 0.394 e. The number of likely N-dealkylation sites (tertiary alicyclic amines) is 1. The second kappa shape index (κ2) is 6.90. The molecule has 0 spiro atoms. The van der Waals surface area contributed by atoms with Gasteiger partial charge in [0, 0.05) is 12.6 Å². The summed E-state index contributed by atoms with van der Waals surface area (Å²) in [6.45, 7) is 7.20. The molecule has 2 rings (SSSR count). The minimum atomic E-state index is -0.0366. The smallest absolute Gasteiger partial charge is 0.246 e. The third-order valence-corrected chi connectivity index (χ3v) is 4.37. The number of aliphatic hydroxyl groups is 1. The van der Waals surface area contributed by atoms with Gasteiger partial charge in [-0.3, -0.25) is 4.79 Å². The number of carbonyl (C=O) groups excluding carboxylic acids is 1. The second-order valence-electron chi connectivity index (χ2n) is 6.20. The van der Waals surface area contributed by atoms with Crippen LogP contribution in [0, 0.1) is 5.92 Å². The quantitative estimate of drug-likeness (QED) is 0.865.